The summed E-state index contributed by atoms with van der Waals surface area (Å²) in [7, 11) is 0. The average molecular weight is 819 g/mol. The lowest BCUT2D eigenvalue weighted by atomic mass is 9.73. The number of ketones is 3. The fraction of sp³-hybridized carbons (Fsp3) is 0.833. The molecule has 0 aromatic heterocycles. The molecule has 0 heterocycles. The Morgan fingerprint density at radius 3 is 1.00 bits per heavy atom. The largest absolute Gasteiger partial charge is 0.390 e. The molecule has 6 aliphatic rings. The van der Waals surface area contributed by atoms with E-state index < -0.39 is 11.2 Å². The van der Waals surface area contributed by atoms with Gasteiger partial charge in [0, 0.05) is 48.9 Å². The highest BCUT2D eigenvalue weighted by Crippen LogP contribution is 2.50. The summed E-state index contributed by atoms with van der Waals surface area (Å²) < 4.78 is 0. The van der Waals surface area contributed by atoms with Gasteiger partial charge >= 0.3 is 0 Å². The van der Waals surface area contributed by atoms with Gasteiger partial charge in [0.05, 0.1) is 11.2 Å². The van der Waals surface area contributed by atoms with Crippen molar-refractivity contribution in [2.45, 2.75) is 191 Å². The molecular weight excluding hydrogens is 729 g/mol. The van der Waals surface area contributed by atoms with Gasteiger partial charge in [-0.1, -0.05) is 91.8 Å². The van der Waals surface area contributed by atoms with Crippen LogP contribution in [0.15, 0.2) is 36.5 Å². The molecule has 0 spiro atoms. The summed E-state index contributed by atoms with van der Waals surface area (Å²) in [5.41, 5.74) is -1.32. The lowest BCUT2D eigenvalue weighted by Crippen LogP contribution is -2.29. The molecule has 15 atom stereocenters. The van der Waals surface area contributed by atoms with E-state index in [-0.39, 0.29) is 11.8 Å². The van der Waals surface area contributed by atoms with Crippen molar-refractivity contribution in [3.05, 3.63) is 36.5 Å². The maximum absolute atomic E-state index is 12.0. The first kappa shape index (κ1) is 49.8. The normalized spacial score (nSPS) is 34.4. The van der Waals surface area contributed by atoms with Crippen LogP contribution in [0.2, 0.25) is 0 Å². The van der Waals surface area contributed by atoms with E-state index >= 15 is 0 Å². The minimum absolute atomic E-state index is 0.162. The predicted octanol–water partition coefficient (Wildman–Crippen LogP) is 12.8. The third-order valence-electron chi connectivity index (χ3n) is 17.2. The number of Topliss-reactive ketones (excluding diaryl/α,β-unsaturated/α-hetero) is 3. The molecule has 3 unspecified atom stereocenters. The molecule has 0 radical (unpaired) electrons. The molecule has 6 rings (SSSR count). The Labute approximate surface area is 362 Å². The van der Waals surface area contributed by atoms with Gasteiger partial charge in [0.15, 0.2) is 0 Å². The van der Waals surface area contributed by atoms with Crippen LogP contribution >= 0.6 is 0 Å². The van der Waals surface area contributed by atoms with E-state index in [2.05, 4.69) is 91.8 Å². The first-order chi connectivity index (χ1) is 27.6. The quantitative estimate of drug-likeness (QED) is 0.191. The second-order valence-electron chi connectivity index (χ2n) is 22.3. The monoisotopic (exact) mass is 819 g/mol. The van der Waals surface area contributed by atoms with E-state index in [1.807, 2.05) is 27.7 Å². The number of fused-ring (bicyclic) bond motifs is 3. The van der Waals surface area contributed by atoms with Crippen LogP contribution < -0.4 is 0 Å². The van der Waals surface area contributed by atoms with Gasteiger partial charge in [-0.3, -0.25) is 14.4 Å². The molecule has 0 amide bonds. The van der Waals surface area contributed by atoms with Crippen molar-refractivity contribution >= 4 is 17.3 Å². The second-order valence-corrected chi connectivity index (χ2v) is 22.3. The zero-order valence-electron chi connectivity index (χ0n) is 39.9. The van der Waals surface area contributed by atoms with Crippen LogP contribution in [0.1, 0.15) is 179 Å². The SMILES string of the molecule is CC(C)[C@@H](C)/C=C/[C@H](C)C1CC[C@H]2C(=O)CCC[C@H]12.C[C@@H](/C=C/[C@H](C)C(C)(C)O)C1CC[C@H]2C(=O)CCC[C@H]12.C[C@H](/C=C/[C@H](C)C1CC[C@H]2C(=O)CCC[C@H]12)C(C)(C)O. The molecule has 0 saturated heterocycles. The van der Waals surface area contributed by atoms with Gasteiger partial charge in [0.2, 0.25) is 0 Å². The molecular formula is C54H90O5. The van der Waals surface area contributed by atoms with Crippen molar-refractivity contribution in [1.29, 1.82) is 0 Å². The van der Waals surface area contributed by atoms with E-state index in [0.717, 1.165) is 69.6 Å². The van der Waals surface area contributed by atoms with Crippen molar-refractivity contribution in [3.63, 3.8) is 0 Å². The van der Waals surface area contributed by atoms with Crippen molar-refractivity contribution in [2.24, 2.45) is 94.7 Å². The van der Waals surface area contributed by atoms with Gasteiger partial charge in [-0.25, -0.2) is 0 Å². The molecule has 6 aliphatic carbocycles. The average Bonchev–Trinajstić information content (AvgIpc) is 3.93. The minimum atomic E-state index is -0.658. The van der Waals surface area contributed by atoms with Crippen LogP contribution in [0.25, 0.3) is 0 Å². The van der Waals surface area contributed by atoms with Crippen LogP contribution in [0.5, 0.6) is 0 Å². The molecule has 336 valence electrons. The van der Waals surface area contributed by atoms with E-state index in [1.165, 1.54) is 38.5 Å². The number of hydrogen-bond acceptors (Lipinski definition) is 5. The topological polar surface area (TPSA) is 91.7 Å². The van der Waals surface area contributed by atoms with Crippen LogP contribution in [0, 0.1) is 94.7 Å². The highest BCUT2D eigenvalue weighted by molar-refractivity contribution is 5.83. The van der Waals surface area contributed by atoms with Crippen molar-refractivity contribution in [1.82, 2.24) is 0 Å². The number of carbonyl (C=O) groups is 3. The lowest BCUT2D eigenvalue weighted by molar-refractivity contribution is -0.127. The van der Waals surface area contributed by atoms with Crippen molar-refractivity contribution < 1.29 is 24.6 Å². The van der Waals surface area contributed by atoms with E-state index in [1.54, 1.807) is 0 Å². The smallest absolute Gasteiger partial charge is 0.136 e. The third kappa shape index (κ3) is 13.6. The third-order valence-corrected chi connectivity index (χ3v) is 17.2. The maximum atomic E-state index is 12.0. The Kier molecular flexibility index (Phi) is 18.6. The van der Waals surface area contributed by atoms with Crippen LogP contribution in [0.3, 0.4) is 0 Å². The first-order valence-electron chi connectivity index (χ1n) is 24.7. The molecule has 6 fully saturated rings. The number of allylic oxidation sites excluding steroid dienone is 4. The summed E-state index contributed by atoms with van der Waals surface area (Å²) in [4.78, 5) is 36.0. The number of rotatable bonds is 12. The van der Waals surface area contributed by atoms with Gasteiger partial charge in [0.1, 0.15) is 17.3 Å². The molecule has 0 aliphatic heterocycles. The first-order valence-corrected chi connectivity index (χ1v) is 24.7. The van der Waals surface area contributed by atoms with Gasteiger partial charge < -0.3 is 10.2 Å². The van der Waals surface area contributed by atoms with Crippen LogP contribution in [-0.4, -0.2) is 38.8 Å². The highest BCUT2D eigenvalue weighted by atomic mass is 16.3. The fourth-order valence-electron chi connectivity index (χ4n) is 11.9. The standard InChI is InChI=1S/2C18H30O2.C18H30O/c2*1-12(8-9-13(2)18(3,4)20)14-10-11-16-15(14)6-5-7-17(16)19;1-12(2)13(3)8-9-14(4)15-10-11-17-16(15)6-5-7-18(17)19/h2*8-9,12-16,20H,5-7,10-11H2,1-4H3;8-9,12-17H,5-7,10-11H2,1-4H3/b3*9-8+/t12-,13+,14?,15+,16+;12-,13-,14?,15+,16+;13-,14-,15?,16+,17+/m000/s1. The number of carbonyl (C=O) groups excluding carboxylic acids is 3. The van der Waals surface area contributed by atoms with Gasteiger partial charge in [-0.05, 0) is 170 Å². The Hall–Kier alpha value is -1.85. The highest BCUT2D eigenvalue weighted by Gasteiger charge is 2.45. The van der Waals surface area contributed by atoms with Crippen LogP contribution in [0.4, 0.5) is 0 Å². The van der Waals surface area contributed by atoms with Crippen molar-refractivity contribution in [2.75, 3.05) is 0 Å². The maximum Gasteiger partial charge on any atom is 0.136 e. The van der Waals surface area contributed by atoms with Gasteiger partial charge in [0.25, 0.3) is 0 Å². The molecule has 0 aromatic carbocycles. The predicted molar refractivity (Wildman–Crippen MR) is 246 cm³/mol. The molecule has 6 saturated carbocycles. The summed E-state index contributed by atoms with van der Waals surface area (Å²) in [6.07, 6.45) is 30.3. The summed E-state index contributed by atoms with van der Waals surface area (Å²) in [5.74, 6) is 10.1. The molecule has 5 heteroatoms. The van der Waals surface area contributed by atoms with Gasteiger partial charge in [-0.15, -0.1) is 0 Å². The summed E-state index contributed by atoms with van der Waals surface area (Å²) >= 11 is 0. The Morgan fingerprint density at radius 1 is 0.441 bits per heavy atom. The molecule has 0 aromatic rings. The second kappa shape index (κ2) is 22.0. The van der Waals surface area contributed by atoms with Crippen LogP contribution in [-0.2, 0) is 14.4 Å². The Morgan fingerprint density at radius 2 is 0.729 bits per heavy atom. The number of aliphatic hydroxyl groups is 2. The summed E-state index contributed by atoms with van der Waals surface area (Å²) in [6, 6.07) is 0. The fourth-order valence-corrected chi connectivity index (χ4v) is 11.9. The van der Waals surface area contributed by atoms with E-state index in [4.69, 9.17) is 0 Å². The molecule has 0 bridgehead atoms. The molecule has 2 N–H and O–H groups in total. The zero-order valence-corrected chi connectivity index (χ0v) is 39.9. The summed E-state index contributed by atoms with van der Waals surface area (Å²) in [5, 5.41) is 20.0. The Bertz CT molecular complexity index is 1360. The number of hydrogen-bond donors (Lipinski definition) is 2. The molecule has 59 heavy (non-hydrogen) atoms. The van der Waals surface area contributed by atoms with E-state index in [9.17, 15) is 24.6 Å². The zero-order chi connectivity index (χ0) is 43.8. The van der Waals surface area contributed by atoms with E-state index in [0.29, 0.717) is 88.4 Å². The van der Waals surface area contributed by atoms with Crippen molar-refractivity contribution in [3.8, 4) is 0 Å². The Balaban J connectivity index is 0.000000196. The minimum Gasteiger partial charge on any atom is -0.390 e. The molecule has 5 nitrogen and oxygen atoms in total. The van der Waals surface area contributed by atoms with Gasteiger partial charge in [-0.2, -0.15) is 0 Å². The summed E-state index contributed by atoms with van der Waals surface area (Å²) in [6.45, 7) is 25.3. The lowest BCUT2D eigenvalue weighted by Gasteiger charge is -2.31.